The van der Waals surface area contributed by atoms with E-state index >= 15 is 0 Å². The predicted octanol–water partition coefficient (Wildman–Crippen LogP) is 3.57. The first-order valence-electron chi connectivity index (χ1n) is 9.91. The number of hydrogen-bond acceptors (Lipinski definition) is 5. The number of para-hydroxylation sites is 1. The molecule has 6 nitrogen and oxygen atoms in total. The Kier molecular flexibility index (Phi) is 5.31. The Labute approximate surface area is 174 Å². The first-order chi connectivity index (χ1) is 14.5. The average Bonchev–Trinajstić information content (AvgIpc) is 3.04. The van der Waals surface area contributed by atoms with Gasteiger partial charge in [0.1, 0.15) is 0 Å². The average molecular weight is 403 g/mol. The Morgan fingerprint density at radius 3 is 2.10 bits per heavy atom. The number of esters is 1. The molecule has 3 atom stereocenters. The van der Waals surface area contributed by atoms with Crippen LogP contribution in [0, 0.1) is 11.8 Å². The van der Waals surface area contributed by atoms with E-state index in [0.29, 0.717) is 18.4 Å². The van der Waals surface area contributed by atoms with Gasteiger partial charge in [0.05, 0.1) is 23.1 Å². The van der Waals surface area contributed by atoms with Crippen LogP contribution in [0.5, 0.6) is 0 Å². The lowest BCUT2D eigenvalue weighted by molar-refractivity contribution is -0.122. The summed E-state index contributed by atoms with van der Waals surface area (Å²) in [6.07, 6.45) is 3.84. The van der Waals surface area contributed by atoms with E-state index < -0.39 is 23.9 Å². The lowest BCUT2D eigenvalue weighted by atomic mass is 9.85. The van der Waals surface area contributed by atoms with Crippen molar-refractivity contribution in [2.24, 2.45) is 11.8 Å². The Balaban J connectivity index is 1.58. The first kappa shape index (κ1) is 19.8. The molecule has 0 radical (unpaired) electrons. The van der Waals surface area contributed by atoms with Gasteiger partial charge in [0.15, 0.2) is 6.10 Å². The van der Waals surface area contributed by atoms with Crippen molar-refractivity contribution in [3.05, 3.63) is 77.9 Å². The van der Waals surface area contributed by atoms with E-state index in [2.05, 4.69) is 0 Å². The van der Waals surface area contributed by atoms with Gasteiger partial charge in [-0.3, -0.25) is 14.4 Å². The molecule has 1 saturated heterocycles. The minimum Gasteiger partial charge on any atom is -0.451 e. The molecule has 2 aromatic carbocycles. The third-order valence-corrected chi connectivity index (χ3v) is 5.58. The summed E-state index contributed by atoms with van der Waals surface area (Å²) in [5.41, 5.74) is 0.720. The molecular weight excluding hydrogens is 382 g/mol. The summed E-state index contributed by atoms with van der Waals surface area (Å²) in [7, 11) is 0. The van der Waals surface area contributed by atoms with Gasteiger partial charge in [-0.15, -0.1) is 0 Å². The van der Waals surface area contributed by atoms with Gasteiger partial charge in [0.2, 0.25) is 17.6 Å². The number of carbonyl (C=O) groups excluding carboxylic acids is 4. The minimum atomic E-state index is -1.01. The monoisotopic (exact) mass is 403 g/mol. The molecule has 0 aromatic heterocycles. The van der Waals surface area contributed by atoms with Crippen LogP contribution in [0.4, 0.5) is 5.69 Å². The van der Waals surface area contributed by atoms with E-state index in [1.165, 1.54) is 13.0 Å². The number of ether oxygens (including phenoxy) is 1. The van der Waals surface area contributed by atoms with Gasteiger partial charge in [-0.1, -0.05) is 54.6 Å². The van der Waals surface area contributed by atoms with E-state index in [1.807, 2.05) is 12.2 Å². The second kappa shape index (κ2) is 8.06. The molecular formula is C24H21NO5. The van der Waals surface area contributed by atoms with Crippen molar-refractivity contribution in [3.8, 4) is 0 Å². The Morgan fingerprint density at radius 1 is 0.900 bits per heavy atom. The van der Waals surface area contributed by atoms with Crippen LogP contribution in [0.2, 0.25) is 0 Å². The number of imide groups is 1. The van der Waals surface area contributed by atoms with Crippen LogP contribution < -0.4 is 4.90 Å². The lowest BCUT2D eigenvalue weighted by Gasteiger charge is -2.19. The van der Waals surface area contributed by atoms with Crippen molar-refractivity contribution in [2.75, 3.05) is 4.90 Å². The van der Waals surface area contributed by atoms with Gasteiger partial charge in [-0.05, 0) is 31.9 Å². The lowest BCUT2D eigenvalue weighted by Crippen LogP contribution is -2.33. The summed E-state index contributed by atoms with van der Waals surface area (Å²) in [5.74, 6) is -2.48. The summed E-state index contributed by atoms with van der Waals surface area (Å²) in [6, 6.07) is 14.9. The standard InChI is InChI=1S/C24H21NO5/c1-15(21(26)16-9-3-2-4-10-16)30-24(29)19-13-7-8-14-20(19)25-22(27)17-11-5-6-12-18(17)23(25)28/h2-10,13-15,17-18H,11-12H2,1H3. The maximum atomic E-state index is 12.9. The molecule has 0 bridgehead atoms. The van der Waals surface area contributed by atoms with E-state index in [4.69, 9.17) is 4.74 Å². The maximum absolute atomic E-state index is 12.9. The van der Waals surface area contributed by atoms with Crippen LogP contribution in [0.1, 0.15) is 40.5 Å². The number of ketones is 1. The second-order valence-electron chi connectivity index (χ2n) is 7.46. The van der Waals surface area contributed by atoms with E-state index in [9.17, 15) is 19.2 Å². The number of anilines is 1. The number of allylic oxidation sites excluding steroid dienone is 2. The fourth-order valence-electron chi connectivity index (χ4n) is 3.99. The topological polar surface area (TPSA) is 80.8 Å². The van der Waals surface area contributed by atoms with Crippen molar-refractivity contribution >= 4 is 29.3 Å². The highest BCUT2D eigenvalue weighted by Crippen LogP contribution is 2.38. The molecule has 1 fully saturated rings. The van der Waals surface area contributed by atoms with Gasteiger partial charge in [-0.2, -0.15) is 0 Å². The summed E-state index contributed by atoms with van der Waals surface area (Å²) < 4.78 is 5.39. The molecule has 152 valence electrons. The number of hydrogen-bond donors (Lipinski definition) is 0. The molecule has 1 aliphatic carbocycles. The van der Waals surface area contributed by atoms with Crippen LogP contribution in [-0.2, 0) is 14.3 Å². The summed E-state index contributed by atoms with van der Waals surface area (Å²) in [5, 5.41) is 0. The first-order valence-corrected chi connectivity index (χ1v) is 9.91. The molecule has 0 N–H and O–H groups in total. The summed E-state index contributed by atoms with van der Waals surface area (Å²) >= 11 is 0. The van der Waals surface area contributed by atoms with E-state index in [-0.39, 0.29) is 28.8 Å². The Bertz CT molecular complexity index is 1020. The van der Waals surface area contributed by atoms with E-state index in [1.54, 1.807) is 48.5 Å². The number of carbonyl (C=O) groups is 4. The van der Waals surface area contributed by atoms with Crippen molar-refractivity contribution in [1.82, 2.24) is 0 Å². The number of Topliss-reactive ketones (excluding diaryl/α,β-unsaturated/α-hetero) is 1. The quantitative estimate of drug-likeness (QED) is 0.330. The number of amides is 2. The molecule has 0 spiro atoms. The largest absolute Gasteiger partial charge is 0.451 e. The zero-order valence-electron chi connectivity index (χ0n) is 16.5. The van der Waals surface area contributed by atoms with Gasteiger partial charge in [0.25, 0.3) is 0 Å². The summed E-state index contributed by atoms with van der Waals surface area (Å²) in [6.45, 7) is 1.50. The molecule has 2 aliphatic rings. The summed E-state index contributed by atoms with van der Waals surface area (Å²) in [4.78, 5) is 52.3. The van der Waals surface area contributed by atoms with Crippen LogP contribution in [0.15, 0.2) is 66.7 Å². The van der Waals surface area contributed by atoms with Crippen molar-refractivity contribution in [3.63, 3.8) is 0 Å². The number of fused-ring (bicyclic) bond motifs is 1. The van der Waals surface area contributed by atoms with Gasteiger partial charge < -0.3 is 4.74 Å². The second-order valence-corrected chi connectivity index (χ2v) is 7.46. The number of rotatable bonds is 5. The molecule has 30 heavy (non-hydrogen) atoms. The zero-order valence-corrected chi connectivity index (χ0v) is 16.5. The maximum Gasteiger partial charge on any atom is 0.340 e. The zero-order chi connectivity index (χ0) is 21.3. The Hall–Kier alpha value is -3.54. The SMILES string of the molecule is CC(OC(=O)c1ccccc1N1C(=O)C2CC=CCC2C1=O)C(=O)c1ccccc1. The molecule has 1 aliphatic heterocycles. The third kappa shape index (κ3) is 3.45. The van der Waals surface area contributed by atoms with Crippen LogP contribution in [0.25, 0.3) is 0 Å². The fourth-order valence-corrected chi connectivity index (χ4v) is 3.99. The molecule has 6 heteroatoms. The Morgan fingerprint density at radius 2 is 1.47 bits per heavy atom. The molecule has 4 rings (SSSR count). The van der Waals surface area contributed by atoms with Crippen LogP contribution >= 0.6 is 0 Å². The highest BCUT2D eigenvalue weighted by atomic mass is 16.5. The number of benzene rings is 2. The van der Waals surface area contributed by atoms with Gasteiger partial charge in [0, 0.05) is 5.56 Å². The van der Waals surface area contributed by atoms with Crippen molar-refractivity contribution in [2.45, 2.75) is 25.9 Å². The van der Waals surface area contributed by atoms with Crippen LogP contribution in [-0.4, -0.2) is 29.7 Å². The smallest absolute Gasteiger partial charge is 0.340 e. The molecule has 2 aromatic rings. The molecule has 2 amide bonds. The third-order valence-electron chi connectivity index (χ3n) is 5.58. The van der Waals surface area contributed by atoms with Gasteiger partial charge >= 0.3 is 5.97 Å². The predicted molar refractivity (Wildman–Crippen MR) is 110 cm³/mol. The highest BCUT2D eigenvalue weighted by Gasteiger charge is 2.48. The van der Waals surface area contributed by atoms with E-state index in [0.717, 1.165) is 4.90 Å². The molecule has 1 heterocycles. The highest BCUT2D eigenvalue weighted by molar-refractivity contribution is 6.24. The number of nitrogens with zero attached hydrogens (tertiary/aromatic N) is 1. The molecule has 0 saturated carbocycles. The molecule has 3 unspecified atom stereocenters. The van der Waals surface area contributed by atoms with Crippen molar-refractivity contribution < 1.29 is 23.9 Å². The normalized spacial score (nSPS) is 21.3. The van der Waals surface area contributed by atoms with Crippen LogP contribution in [0.3, 0.4) is 0 Å². The van der Waals surface area contributed by atoms with Crippen molar-refractivity contribution in [1.29, 1.82) is 0 Å². The van der Waals surface area contributed by atoms with Gasteiger partial charge in [-0.25, -0.2) is 9.69 Å². The fraction of sp³-hybridized carbons (Fsp3) is 0.250. The minimum absolute atomic E-state index is 0.0820.